The van der Waals surface area contributed by atoms with Crippen molar-refractivity contribution in [2.75, 3.05) is 7.05 Å². The number of aryl methyl sites for hydroxylation is 1. The summed E-state index contributed by atoms with van der Waals surface area (Å²) in [7, 11) is 1.91. The highest BCUT2D eigenvalue weighted by atomic mass is 35.5. The minimum Gasteiger partial charge on any atom is -0.308 e. The predicted molar refractivity (Wildman–Crippen MR) is 79.9 cm³/mol. The van der Waals surface area contributed by atoms with E-state index in [1.165, 1.54) is 0 Å². The predicted octanol–water partition coefficient (Wildman–Crippen LogP) is 3.91. The molecular formula is C14H17Cl2N3. The summed E-state index contributed by atoms with van der Waals surface area (Å²) >= 11 is 12.4. The molecule has 1 aromatic heterocycles. The third-order valence-corrected chi connectivity index (χ3v) is 3.54. The first kappa shape index (κ1) is 14.4. The molecule has 1 aromatic carbocycles. The maximum Gasteiger partial charge on any atom is 0.0837 e. The molecule has 1 atom stereocenters. The van der Waals surface area contributed by atoms with Gasteiger partial charge >= 0.3 is 0 Å². The van der Waals surface area contributed by atoms with Gasteiger partial charge in [-0.25, -0.2) is 0 Å². The summed E-state index contributed by atoms with van der Waals surface area (Å²) in [6.45, 7) is 2.97. The fourth-order valence-corrected chi connectivity index (χ4v) is 2.65. The number of hydrogen-bond donors (Lipinski definition) is 1. The van der Waals surface area contributed by atoms with E-state index in [0.717, 1.165) is 29.2 Å². The second-order valence-electron chi connectivity index (χ2n) is 4.38. The van der Waals surface area contributed by atoms with Gasteiger partial charge in [0.25, 0.3) is 0 Å². The van der Waals surface area contributed by atoms with E-state index in [1.807, 2.05) is 36.0 Å². The molecule has 1 N–H and O–H groups in total. The van der Waals surface area contributed by atoms with Crippen molar-refractivity contribution < 1.29 is 0 Å². The van der Waals surface area contributed by atoms with Gasteiger partial charge in [0, 0.05) is 11.6 Å². The third-order valence-electron chi connectivity index (χ3n) is 3.01. The van der Waals surface area contributed by atoms with E-state index in [-0.39, 0.29) is 6.04 Å². The quantitative estimate of drug-likeness (QED) is 0.907. The summed E-state index contributed by atoms with van der Waals surface area (Å²) in [5.41, 5.74) is 2.06. The molecule has 0 aliphatic rings. The van der Waals surface area contributed by atoms with E-state index in [9.17, 15) is 0 Å². The first-order chi connectivity index (χ1) is 9.17. The number of nitrogens with zero attached hydrogens (tertiary/aromatic N) is 2. The summed E-state index contributed by atoms with van der Waals surface area (Å²) in [5.74, 6) is 0. The van der Waals surface area contributed by atoms with Crippen molar-refractivity contribution in [3.8, 4) is 0 Å². The largest absolute Gasteiger partial charge is 0.308 e. The highest BCUT2D eigenvalue weighted by molar-refractivity contribution is 6.31. The van der Waals surface area contributed by atoms with Gasteiger partial charge in [-0.3, -0.25) is 4.68 Å². The molecule has 0 bridgehead atoms. The van der Waals surface area contributed by atoms with E-state index in [1.54, 1.807) is 6.20 Å². The van der Waals surface area contributed by atoms with Crippen LogP contribution < -0.4 is 5.32 Å². The normalized spacial score (nSPS) is 12.6. The fourth-order valence-electron chi connectivity index (χ4n) is 2.20. The van der Waals surface area contributed by atoms with Gasteiger partial charge in [-0.1, -0.05) is 42.3 Å². The van der Waals surface area contributed by atoms with Crippen molar-refractivity contribution >= 4 is 23.2 Å². The molecule has 19 heavy (non-hydrogen) atoms. The van der Waals surface area contributed by atoms with Crippen LogP contribution in [0.15, 0.2) is 30.5 Å². The summed E-state index contributed by atoms with van der Waals surface area (Å²) in [4.78, 5) is 0. The molecule has 0 radical (unpaired) electrons. The zero-order chi connectivity index (χ0) is 13.8. The molecule has 1 unspecified atom stereocenters. The number of benzene rings is 1. The van der Waals surface area contributed by atoms with E-state index < -0.39 is 0 Å². The first-order valence-corrected chi connectivity index (χ1v) is 7.07. The van der Waals surface area contributed by atoms with E-state index in [2.05, 4.69) is 17.3 Å². The van der Waals surface area contributed by atoms with Crippen LogP contribution in [0.25, 0.3) is 0 Å². The molecule has 5 heteroatoms. The van der Waals surface area contributed by atoms with Crippen LogP contribution in [-0.2, 0) is 6.54 Å². The zero-order valence-corrected chi connectivity index (χ0v) is 12.5. The summed E-state index contributed by atoms with van der Waals surface area (Å²) in [6.07, 6.45) is 2.71. The van der Waals surface area contributed by atoms with Crippen LogP contribution in [0.3, 0.4) is 0 Å². The molecule has 3 nitrogen and oxygen atoms in total. The Labute approximate surface area is 123 Å². The van der Waals surface area contributed by atoms with Gasteiger partial charge in [0.05, 0.1) is 23.0 Å². The summed E-state index contributed by atoms with van der Waals surface area (Å²) < 4.78 is 1.95. The van der Waals surface area contributed by atoms with Gasteiger partial charge in [0.2, 0.25) is 0 Å². The Morgan fingerprint density at radius 2 is 2.16 bits per heavy atom. The van der Waals surface area contributed by atoms with Crippen LogP contribution in [0.2, 0.25) is 10.0 Å². The minimum absolute atomic E-state index is 0.0137. The molecule has 0 saturated heterocycles. The van der Waals surface area contributed by atoms with Crippen molar-refractivity contribution in [1.82, 2.24) is 15.1 Å². The number of aromatic nitrogens is 2. The van der Waals surface area contributed by atoms with Gasteiger partial charge < -0.3 is 5.32 Å². The highest BCUT2D eigenvalue weighted by Crippen LogP contribution is 2.29. The average Bonchev–Trinajstić information content (AvgIpc) is 2.74. The smallest absolute Gasteiger partial charge is 0.0837 e. The maximum atomic E-state index is 6.29. The Morgan fingerprint density at radius 1 is 1.37 bits per heavy atom. The third kappa shape index (κ3) is 3.11. The number of rotatable bonds is 5. The van der Waals surface area contributed by atoms with E-state index >= 15 is 0 Å². The molecule has 2 rings (SSSR count). The van der Waals surface area contributed by atoms with Gasteiger partial charge in [-0.15, -0.1) is 0 Å². The second kappa shape index (κ2) is 6.42. The lowest BCUT2D eigenvalue weighted by molar-refractivity contribution is 0.535. The second-order valence-corrected chi connectivity index (χ2v) is 5.22. The van der Waals surface area contributed by atoms with Crippen LogP contribution in [0.4, 0.5) is 0 Å². The lowest BCUT2D eigenvalue weighted by Gasteiger charge is -2.19. The Kier molecular flexibility index (Phi) is 4.86. The Bertz CT molecular complexity index is 551. The Morgan fingerprint density at radius 3 is 2.79 bits per heavy atom. The van der Waals surface area contributed by atoms with Gasteiger partial charge in [0.15, 0.2) is 0 Å². The van der Waals surface area contributed by atoms with Gasteiger partial charge in [0.1, 0.15) is 0 Å². The minimum atomic E-state index is -0.0137. The molecule has 2 aromatic rings. The lowest BCUT2D eigenvalue weighted by Crippen LogP contribution is -2.22. The van der Waals surface area contributed by atoms with Crippen LogP contribution in [0, 0.1) is 0 Å². The molecule has 1 heterocycles. The highest BCUT2D eigenvalue weighted by Gasteiger charge is 2.20. The average molecular weight is 298 g/mol. The Hall–Kier alpha value is -1.03. The summed E-state index contributed by atoms with van der Waals surface area (Å²) in [6, 6.07) is 7.77. The molecular weight excluding hydrogens is 281 g/mol. The van der Waals surface area contributed by atoms with Crippen LogP contribution in [0.1, 0.15) is 30.6 Å². The van der Waals surface area contributed by atoms with Gasteiger partial charge in [-0.2, -0.15) is 5.10 Å². The number of nitrogens with one attached hydrogen (secondary N) is 1. The number of halogens is 2. The van der Waals surface area contributed by atoms with Crippen LogP contribution in [0.5, 0.6) is 0 Å². The molecule has 0 saturated carbocycles. The van der Waals surface area contributed by atoms with Crippen molar-refractivity contribution in [1.29, 1.82) is 0 Å². The topological polar surface area (TPSA) is 29.9 Å². The number of hydrogen-bond acceptors (Lipinski definition) is 2. The van der Waals surface area contributed by atoms with Crippen LogP contribution >= 0.6 is 23.2 Å². The van der Waals surface area contributed by atoms with Crippen molar-refractivity contribution in [3.63, 3.8) is 0 Å². The molecule has 102 valence electrons. The summed E-state index contributed by atoms with van der Waals surface area (Å²) in [5, 5.41) is 9.01. The molecule has 0 aliphatic carbocycles. The molecule has 0 amide bonds. The fraction of sp³-hybridized carbons (Fsp3) is 0.357. The van der Waals surface area contributed by atoms with Crippen molar-refractivity contribution in [3.05, 3.63) is 51.8 Å². The standard InChI is InChI=1S/C14H17Cl2N3/c1-3-7-19-14(12(16)9-18-19)13(17-2)10-5-4-6-11(15)8-10/h4-6,8-9,13,17H,3,7H2,1-2H3. The first-order valence-electron chi connectivity index (χ1n) is 6.31. The van der Waals surface area contributed by atoms with Gasteiger partial charge in [-0.05, 0) is 31.2 Å². The van der Waals surface area contributed by atoms with Crippen LogP contribution in [-0.4, -0.2) is 16.8 Å². The molecule has 0 fully saturated rings. The maximum absolute atomic E-state index is 6.29. The van der Waals surface area contributed by atoms with Crippen molar-refractivity contribution in [2.45, 2.75) is 25.9 Å². The SMILES string of the molecule is CCCn1ncc(Cl)c1C(NC)c1cccc(Cl)c1. The molecule has 0 spiro atoms. The monoisotopic (exact) mass is 297 g/mol. The van der Waals surface area contributed by atoms with E-state index in [0.29, 0.717) is 5.02 Å². The molecule has 0 aliphatic heterocycles. The Balaban J connectivity index is 2.44. The van der Waals surface area contributed by atoms with E-state index in [4.69, 9.17) is 23.2 Å². The van der Waals surface area contributed by atoms with Crippen molar-refractivity contribution in [2.24, 2.45) is 0 Å². The lowest BCUT2D eigenvalue weighted by atomic mass is 10.0. The zero-order valence-electron chi connectivity index (χ0n) is 11.0.